The van der Waals surface area contributed by atoms with E-state index in [0.29, 0.717) is 6.04 Å². The van der Waals surface area contributed by atoms with Crippen LogP contribution in [0.1, 0.15) is 43.2 Å². The van der Waals surface area contributed by atoms with Gasteiger partial charge in [-0.2, -0.15) is 0 Å². The Morgan fingerprint density at radius 3 is 2.76 bits per heavy atom. The summed E-state index contributed by atoms with van der Waals surface area (Å²) < 4.78 is 7.09. The summed E-state index contributed by atoms with van der Waals surface area (Å²) in [6.07, 6.45) is 3.94. The van der Waals surface area contributed by atoms with Gasteiger partial charge in [-0.15, -0.1) is 11.3 Å². The fourth-order valence-electron chi connectivity index (χ4n) is 2.77. The van der Waals surface area contributed by atoms with Crippen molar-refractivity contribution in [2.45, 2.75) is 45.3 Å². The molecule has 1 unspecified atom stereocenters. The molecule has 0 saturated heterocycles. The first-order valence-corrected chi connectivity index (χ1v) is 9.32. The first-order valence-electron chi connectivity index (χ1n) is 7.43. The fourth-order valence-corrected chi connectivity index (χ4v) is 4.89. The third kappa shape index (κ3) is 3.72. The number of halogens is 1. The molecule has 112 valence electrons. The first-order chi connectivity index (χ1) is 10.1. The standard InChI is InChI=1S/C17H20INOS/c1-11(2)20-13-8-6-12(7-9-13)19-15-4-3-5-16-14(15)10-17(18)21-16/h6-11,15,19H,3-5H2,1-2H3. The number of hydrogen-bond donors (Lipinski definition) is 1. The molecule has 0 radical (unpaired) electrons. The van der Waals surface area contributed by atoms with Crippen LogP contribution < -0.4 is 10.1 Å². The molecule has 1 aliphatic rings. The van der Waals surface area contributed by atoms with Crippen molar-refractivity contribution in [3.05, 3.63) is 43.7 Å². The zero-order valence-electron chi connectivity index (χ0n) is 12.4. The van der Waals surface area contributed by atoms with Crippen LogP contribution in [0.4, 0.5) is 5.69 Å². The zero-order valence-corrected chi connectivity index (χ0v) is 15.3. The Morgan fingerprint density at radius 2 is 2.05 bits per heavy atom. The van der Waals surface area contributed by atoms with E-state index in [2.05, 4.69) is 46.1 Å². The van der Waals surface area contributed by atoms with Crippen molar-refractivity contribution in [2.24, 2.45) is 0 Å². The van der Waals surface area contributed by atoms with Crippen LogP contribution in [0.15, 0.2) is 30.3 Å². The second-order valence-electron chi connectivity index (χ2n) is 5.71. The van der Waals surface area contributed by atoms with Gasteiger partial charge in [-0.3, -0.25) is 0 Å². The summed E-state index contributed by atoms with van der Waals surface area (Å²) in [5.41, 5.74) is 2.67. The number of hydrogen-bond acceptors (Lipinski definition) is 3. The molecule has 0 amide bonds. The predicted octanol–water partition coefficient (Wildman–Crippen LogP) is 5.63. The monoisotopic (exact) mass is 413 g/mol. The molecule has 1 heterocycles. The average molecular weight is 413 g/mol. The van der Waals surface area contributed by atoms with E-state index in [1.54, 1.807) is 4.88 Å². The summed E-state index contributed by atoms with van der Waals surface area (Å²) >= 11 is 4.37. The maximum absolute atomic E-state index is 5.69. The molecule has 1 aromatic heterocycles. The van der Waals surface area contributed by atoms with Gasteiger partial charge < -0.3 is 10.1 Å². The Balaban J connectivity index is 1.72. The second-order valence-corrected chi connectivity index (χ2v) is 8.74. The number of ether oxygens (including phenoxy) is 1. The van der Waals surface area contributed by atoms with E-state index in [0.717, 1.165) is 5.75 Å². The van der Waals surface area contributed by atoms with E-state index >= 15 is 0 Å². The Kier molecular flexibility index (Phi) is 4.74. The van der Waals surface area contributed by atoms with Gasteiger partial charge in [-0.05, 0) is 91.6 Å². The van der Waals surface area contributed by atoms with Gasteiger partial charge in [-0.1, -0.05) is 0 Å². The zero-order chi connectivity index (χ0) is 14.8. The molecule has 21 heavy (non-hydrogen) atoms. The highest BCUT2D eigenvalue weighted by atomic mass is 127. The largest absolute Gasteiger partial charge is 0.491 e. The minimum Gasteiger partial charge on any atom is -0.491 e. The van der Waals surface area contributed by atoms with Gasteiger partial charge in [0.15, 0.2) is 0 Å². The lowest BCUT2D eigenvalue weighted by atomic mass is 9.94. The van der Waals surface area contributed by atoms with E-state index in [1.807, 2.05) is 37.3 Å². The third-order valence-electron chi connectivity index (χ3n) is 3.65. The van der Waals surface area contributed by atoms with Gasteiger partial charge >= 0.3 is 0 Å². The number of rotatable bonds is 4. The summed E-state index contributed by atoms with van der Waals surface area (Å²) in [6, 6.07) is 11.1. The van der Waals surface area contributed by atoms with Crippen molar-refractivity contribution >= 4 is 39.6 Å². The SMILES string of the molecule is CC(C)Oc1ccc(NC2CCCc3sc(I)cc32)cc1. The van der Waals surface area contributed by atoms with Crippen molar-refractivity contribution < 1.29 is 4.74 Å². The van der Waals surface area contributed by atoms with E-state index in [4.69, 9.17) is 4.74 Å². The van der Waals surface area contributed by atoms with Crippen LogP contribution in [-0.4, -0.2) is 6.10 Å². The molecule has 0 spiro atoms. The molecule has 0 aliphatic heterocycles. The summed E-state index contributed by atoms with van der Waals surface area (Å²) in [6.45, 7) is 4.10. The van der Waals surface area contributed by atoms with Crippen LogP contribution in [0.5, 0.6) is 5.75 Å². The summed E-state index contributed by atoms with van der Waals surface area (Å²) in [5, 5.41) is 3.68. The minimum atomic E-state index is 0.220. The normalized spacial score (nSPS) is 17.6. The average Bonchev–Trinajstić information content (AvgIpc) is 2.82. The van der Waals surface area contributed by atoms with Gasteiger partial charge in [-0.25, -0.2) is 0 Å². The van der Waals surface area contributed by atoms with Crippen LogP contribution >= 0.6 is 33.9 Å². The van der Waals surface area contributed by atoms with Gasteiger partial charge in [0.1, 0.15) is 5.75 Å². The molecule has 3 rings (SSSR count). The number of nitrogens with one attached hydrogen (secondary N) is 1. The molecule has 0 bridgehead atoms. The lowest BCUT2D eigenvalue weighted by Gasteiger charge is -2.24. The summed E-state index contributed by atoms with van der Waals surface area (Å²) in [4.78, 5) is 1.56. The minimum absolute atomic E-state index is 0.220. The highest BCUT2D eigenvalue weighted by molar-refractivity contribution is 14.1. The van der Waals surface area contributed by atoms with Crippen LogP contribution in [0.25, 0.3) is 0 Å². The van der Waals surface area contributed by atoms with Crippen LogP contribution in [0.3, 0.4) is 0 Å². The number of anilines is 1. The summed E-state index contributed by atoms with van der Waals surface area (Å²) in [7, 11) is 0. The maximum atomic E-state index is 5.69. The van der Waals surface area contributed by atoms with Crippen molar-refractivity contribution in [1.82, 2.24) is 0 Å². The number of thiophene rings is 1. The van der Waals surface area contributed by atoms with Crippen molar-refractivity contribution in [3.63, 3.8) is 0 Å². The number of fused-ring (bicyclic) bond motifs is 1. The molecule has 0 saturated carbocycles. The van der Waals surface area contributed by atoms with E-state index in [1.165, 1.54) is 33.4 Å². The first kappa shape index (κ1) is 15.2. The van der Waals surface area contributed by atoms with Crippen molar-refractivity contribution in [1.29, 1.82) is 0 Å². The van der Waals surface area contributed by atoms with Crippen LogP contribution in [-0.2, 0) is 6.42 Å². The Morgan fingerprint density at radius 1 is 1.29 bits per heavy atom. The molecule has 4 heteroatoms. The quantitative estimate of drug-likeness (QED) is 0.656. The van der Waals surface area contributed by atoms with Crippen LogP contribution in [0, 0.1) is 2.88 Å². The smallest absolute Gasteiger partial charge is 0.119 e. The Bertz CT molecular complexity index is 606. The predicted molar refractivity (Wildman–Crippen MR) is 98.5 cm³/mol. The molecule has 1 aromatic carbocycles. The van der Waals surface area contributed by atoms with Crippen molar-refractivity contribution in [2.75, 3.05) is 5.32 Å². The van der Waals surface area contributed by atoms with Crippen LogP contribution in [0.2, 0.25) is 0 Å². The lowest BCUT2D eigenvalue weighted by Crippen LogP contribution is -2.15. The molecule has 2 nitrogen and oxygen atoms in total. The summed E-state index contributed by atoms with van der Waals surface area (Å²) in [5.74, 6) is 0.935. The molecular weight excluding hydrogens is 393 g/mol. The number of benzene rings is 1. The Hall–Kier alpha value is -0.750. The number of aryl methyl sites for hydroxylation is 1. The Labute approximate surface area is 144 Å². The van der Waals surface area contributed by atoms with Gasteiger partial charge in [0.2, 0.25) is 0 Å². The van der Waals surface area contributed by atoms with E-state index in [9.17, 15) is 0 Å². The molecule has 0 fully saturated rings. The van der Waals surface area contributed by atoms with Gasteiger partial charge in [0, 0.05) is 10.6 Å². The fraction of sp³-hybridized carbons (Fsp3) is 0.412. The topological polar surface area (TPSA) is 21.3 Å². The molecule has 1 atom stereocenters. The van der Waals surface area contributed by atoms with Crippen molar-refractivity contribution in [3.8, 4) is 5.75 Å². The maximum Gasteiger partial charge on any atom is 0.119 e. The van der Waals surface area contributed by atoms with Gasteiger partial charge in [0.25, 0.3) is 0 Å². The van der Waals surface area contributed by atoms with Gasteiger partial charge in [0.05, 0.1) is 15.0 Å². The highest BCUT2D eigenvalue weighted by Gasteiger charge is 2.22. The second kappa shape index (κ2) is 6.57. The third-order valence-corrected chi connectivity index (χ3v) is 5.62. The van der Waals surface area contributed by atoms with E-state index < -0.39 is 0 Å². The molecule has 1 aliphatic carbocycles. The molecule has 1 N–H and O–H groups in total. The molecule has 2 aromatic rings. The highest BCUT2D eigenvalue weighted by Crippen LogP contribution is 2.38. The molecular formula is C17H20INOS. The lowest BCUT2D eigenvalue weighted by molar-refractivity contribution is 0.242. The van der Waals surface area contributed by atoms with E-state index in [-0.39, 0.29) is 6.10 Å².